The van der Waals surface area contributed by atoms with Crippen molar-refractivity contribution < 1.29 is 9.18 Å². The molecule has 0 aromatic heterocycles. The van der Waals surface area contributed by atoms with Crippen LogP contribution in [0.3, 0.4) is 0 Å². The predicted octanol–water partition coefficient (Wildman–Crippen LogP) is 4.03. The van der Waals surface area contributed by atoms with Crippen molar-refractivity contribution in [3.63, 3.8) is 0 Å². The van der Waals surface area contributed by atoms with E-state index >= 15 is 0 Å². The molecule has 2 aliphatic rings. The lowest BCUT2D eigenvalue weighted by molar-refractivity contribution is -0.121. The molecule has 4 heteroatoms. The Balaban J connectivity index is 1.45. The fraction of sp³-hybridized carbons (Fsp3) is 0.458. The zero-order valence-corrected chi connectivity index (χ0v) is 16.6. The molecule has 1 unspecified atom stereocenters. The van der Waals surface area contributed by atoms with Gasteiger partial charge in [0.2, 0.25) is 5.91 Å². The van der Waals surface area contributed by atoms with E-state index in [0.29, 0.717) is 6.42 Å². The average molecular weight is 381 g/mol. The van der Waals surface area contributed by atoms with E-state index in [1.807, 2.05) is 6.07 Å². The molecule has 1 N–H and O–H groups in total. The first-order valence-corrected chi connectivity index (χ1v) is 10.4. The van der Waals surface area contributed by atoms with Crippen LogP contribution in [0, 0.1) is 5.82 Å². The first-order chi connectivity index (χ1) is 13.6. The van der Waals surface area contributed by atoms with Gasteiger partial charge in [0.05, 0.1) is 0 Å². The summed E-state index contributed by atoms with van der Waals surface area (Å²) in [5.41, 5.74) is 3.74. The van der Waals surface area contributed by atoms with Crippen LogP contribution in [0.15, 0.2) is 48.5 Å². The Morgan fingerprint density at radius 2 is 1.93 bits per heavy atom. The third-order valence-corrected chi connectivity index (χ3v) is 6.75. The van der Waals surface area contributed by atoms with Crippen molar-refractivity contribution in [2.45, 2.75) is 43.4 Å². The lowest BCUT2D eigenvalue weighted by Crippen LogP contribution is -2.42. The third kappa shape index (κ3) is 3.83. The maximum Gasteiger partial charge on any atom is 0.220 e. The molecule has 1 spiro atoms. The van der Waals surface area contributed by atoms with E-state index < -0.39 is 0 Å². The highest BCUT2D eigenvalue weighted by Gasteiger charge is 2.45. The van der Waals surface area contributed by atoms with Crippen molar-refractivity contribution in [2.24, 2.45) is 0 Å². The van der Waals surface area contributed by atoms with E-state index in [1.54, 1.807) is 19.2 Å². The minimum Gasteiger partial charge on any atom is -0.359 e. The first-order valence-electron chi connectivity index (χ1n) is 10.4. The molecular formula is C24H29FN2O. The molecule has 1 fully saturated rings. The van der Waals surface area contributed by atoms with Crippen molar-refractivity contribution in [3.8, 4) is 0 Å². The Kier molecular flexibility index (Phi) is 5.49. The minimum atomic E-state index is -0.162. The van der Waals surface area contributed by atoms with Gasteiger partial charge in [-0.3, -0.25) is 4.79 Å². The number of likely N-dealkylation sites (tertiary alicyclic amines) is 1. The number of fused-ring (bicyclic) bond motifs is 2. The van der Waals surface area contributed by atoms with Gasteiger partial charge in [-0.1, -0.05) is 36.4 Å². The van der Waals surface area contributed by atoms with Gasteiger partial charge >= 0.3 is 0 Å². The van der Waals surface area contributed by atoms with Gasteiger partial charge in [-0.05, 0) is 78.9 Å². The Morgan fingerprint density at radius 1 is 1.18 bits per heavy atom. The average Bonchev–Trinajstić information content (AvgIpc) is 3.00. The van der Waals surface area contributed by atoms with Crippen molar-refractivity contribution in [2.75, 3.05) is 26.7 Å². The topological polar surface area (TPSA) is 32.3 Å². The normalized spacial score (nSPS) is 20.9. The number of nitrogens with zero attached hydrogens (tertiary/aromatic N) is 1. The van der Waals surface area contributed by atoms with Crippen molar-refractivity contribution in [1.29, 1.82) is 0 Å². The Labute approximate surface area is 166 Å². The number of benzene rings is 2. The number of amides is 1. The number of carbonyl (C=O) groups excluding carboxylic acids is 1. The summed E-state index contributed by atoms with van der Waals surface area (Å²) in [7, 11) is 1.68. The van der Waals surface area contributed by atoms with Crippen molar-refractivity contribution >= 4 is 5.91 Å². The third-order valence-electron chi connectivity index (χ3n) is 6.75. The van der Waals surface area contributed by atoms with Gasteiger partial charge < -0.3 is 10.2 Å². The highest BCUT2D eigenvalue weighted by atomic mass is 19.1. The fourth-order valence-corrected chi connectivity index (χ4v) is 5.15. The largest absolute Gasteiger partial charge is 0.359 e. The molecule has 148 valence electrons. The maximum atomic E-state index is 14.1. The van der Waals surface area contributed by atoms with Crippen LogP contribution in [0.25, 0.3) is 0 Å². The van der Waals surface area contributed by atoms with Crippen LogP contribution < -0.4 is 5.32 Å². The van der Waals surface area contributed by atoms with Gasteiger partial charge in [-0.15, -0.1) is 0 Å². The molecule has 0 bridgehead atoms. The summed E-state index contributed by atoms with van der Waals surface area (Å²) >= 11 is 0. The molecule has 4 rings (SSSR count). The highest BCUT2D eigenvalue weighted by Crippen LogP contribution is 2.52. The van der Waals surface area contributed by atoms with Gasteiger partial charge in [-0.2, -0.15) is 0 Å². The standard InChI is InChI=1S/C24H29FN2O/c1-26-23(28)15-19-17-24(22-16-20(25)7-8-21(19)22)10-13-27(14-11-24)12-9-18-5-3-2-4-6-18/h2-8,16,19H,9-15,17H2,1H3,(H,26,28). The summed E-state index contributed by atoms with van der Waals surface area (Å²) in [4.78, 5) is 14.5. The lowest BCUT2D eigenvalue weighted by atomic mass is 9.73. The number of hydrogen-bond donors (Lipinski definition) is 1. The quantitative estimate of drug-likeness (QED) is 0.850. The van der Waals surface area contributed by atoms with Crippen LogP contribution in [0.5, 0.6) is 0 Å². The van der Waals surface area contributed by atoms with Crippen LogP contribution in [0.2, 0.25) is 0 Å². The number of nitrogens with one attached hydrogen (secondary N) is 1. The summed E-state index contributed by atoms with van der Waals surface area (Å²) < 4.78 is 14.1. The molecule has 1 saturated heterocycles. The van der Waals surface area contributed by atoms with Crippen molar-refractivity contribution in [3.05, 3.63) is 71.0 Å². The fourth-order valence-electron chi connectivity index (χ4n) is 5.15. The Bertz CT molecular complexity index is 828. The maximum absolute atomic E-state index is 14.1. The molecule has 1 amide bonds. The molecule has 0 radical (unpaired) electrons. The van der Waals surface area contributed by atoms with Crippen LogP contribution >= 0.6 is 0 Å². The summed E-state index contributed by atoms with van der Waals surface area (Å²) in [6.45, 7) is 3.14. The van der Waals surface area contributed by atoms with E-state index in [2.05, 4.69) is 40.5 Å². The summed E-state index contributed by atoms with van der Waals surface area (Å²) in [6, 6.07) is 15.8. The molecular weight excluding hydrogens is 351 g/mol. The van der Waals surface area contributed by atoms with Gasteiger partial charge in [-0.25, -0.2) is 4.39 Å². The van der Waals surface area contributed by atoms with E-state index in [-0.39, 0.29) is 23.1 Å². The molecule has 0 saturated carbocycles. The monoisotopic (exact) mass is 380 g/mol. The lowest BCUT2D eigenvalue weighted by Gasteiger charge is -2.40. The predicted molar refractivity (Wildman–Crippen MR) is 110 cm³/mol. The summed E-state index contributed by atoms with van der Waals surface area (Å²) in [5, 5.41) is 2.74. The van der Waals surface area contributed by atoms with E-state index in [0.717, 1.165) is 50.9 Å². The van der Waals surface area contributed by atoms with Gasteiger partial charge in [0.15, 0.2) is 0 Å². The van der Waals surface area contributed by atoms with Gasteiger partial charge in [0, 0.05) is 20.0 Å². The number of piperidine rings is 1. The molecule has 1 atom stereocenters. The molecule has 3 nitrogen and oxygen atoms in total. The highest BCUT2D eigenvalue weighted by molar-refractivity contribution is 5.77. The number of hydrogen-bond acceptors (Lipinski definition) is 2. The van der Waals surface area contributed by atoms with Gasteiger partial charge in [0.25, 0.3) is 0 Å². The first kappa shape index (κ1) is 19.1. The minimum absolute atomic E-state index is 0.0272. The van der Waals surface area contributed by atoms with E-state index in [1.165, 1.54) is 11.1 Å². The summed E-state index contributed by atoms with van der Waals surface area (Å²) in [5.74, 6) is 0.106. The SMILES string of the molecule is CNC(=O)CC1CC2(CCN(CCc3ccccc3)CC2)c2cc(F)ccc21. The van der Waals surface area contributed by atoms with E-state index in [9.17, 15) is 9.18 Å². The zero-order chi connectivity index (χ0) is 19.6. The molecule has 1 heterocycles. The molecule has 1 aliphatic heterocycles. The second kappa shape index (κ2) is 8.04. The smallest absolute Gasteiger partial charge is 0.220 e. The number of rotatable bonds is 5. The van der Waals surface area contributed by atoms with Crippen molar-refractivity contribution in [1.82, 2.24) is 10.2 Å². The molecule has 1 aliphatic carbocycles. The molecule has 2 aromatic rings. The zero-order valence-electron chi connectivity index (χ0n) is 16.6. The number of halogens is 1. The van der Waals surface area contributed by atoms with Crippen LogP contribution in [-0.4, -0.2) is 37.5 Å². The number of carbonyl (C=O) groups is 1. The second-order valence-electron chi connectivity index (χ2n) is 8.37. The van der Waals surface area contributed by atoms with Gasteiger partial charge in [0.1, 0.15) is 5.82 Å². The second-order valence-corrected chi connectivity index (χ2v) is 8.37. The Morgan fingerprint density at radius 3 is 2.64 bits per heavy atom. The molecule has 28 heavy (non-hydrogen) atoms. The Hall–Kier alpha value is -2.20. The van der Waals surface area contributed by atoms with Crippen LogP contribution in [0.1, 0.15) is 48.3 Å². The molecule has 2 aromatic carbocycles. The van der Waals surface area contributed by atoms with Crippen LogP contribution in [-0.2, 0) is 16.6 Å². The summed E-state index contributed by atoms with van der Waals surface area (Å²) in [6.07, 6.45) is 4.61. The van der Waals surface area contributed by atoms with Crippen LogP contribution in [0.4, 0.5) is 4.39 Å². The van der Waals surface area contributed by atoms with E-state index in [4.69, 9.17) is 0 Å².